The van der Waals surface area contributed by atoms with Crippen LogP contribution in [0.1, 0.15) is 52.3 Å². The number of aliphatic hydroxyl groups is 1. The lowest BCUT2D eigenvalue weighted by atomic mass is 9.96. The van der Waals surface area contributed by atoms with E-state index in [1.807, 2.05) is 6.07 Å². The van der Waals surface area contributed by atoms with Crippen molar-refractivity contribution >= 4 is 16.7 Å². The van der Waals surface area contributed by atoms with Gasteiger partial charge in [0.1, 0.15) is 11.6 Å². The van der Waals surface area contributed by atoms with Crippen molar-refractivity contribution in [2.24, 2.45) is 0 Å². The number of rotatable bonds is 6. The maximum atomic E-state index is 14.8. The number of H-pyrrole nitrogens is 1. The number of carbonyl (C=O) groups excluding carboxylic acids is 1. The van der Waals surface area contributed by atoms with Gasteiger partial charge in [0, 0.05) is 18.4 Å². The Labute approximate surface area is 211 Å². The van der Waals surface area contributed by atoms with E-state index in [0.717, 1.165) is 25.0 Å². The first-order valence-electron chi connectivity index (χ1n) is 12.4. The molecule has 2 N–H and O–H groups in total. The molecule has 1 aliphatic carbocycles. The number of aromatic nitrogens is 4. The molecular formula is C27H26FN5O4. The van der Waals surface area contributed by atoms with Gasteiger partial charge in [-0.3, -0.25) is 14.3 Å². The number of aliphatic hydroxyl groups excluding tert-OH is 1. The Hall–Kier alpha value is -4.05. The summed E-state index contributed by atoms with van der Waals surface area (Å²) in [6.07, 6.45) is 3.69. The van der Waals surface area contributed by atoms with Crippen molar-refractivity contribution in [3.63, 3.8) is 0 Å². The fraction of sp³-hybridized carbons (Fsp3) is 0.333. The molecule has 4 aromatic rings. The van der Waals surface area contributed by atoms with Gasteiger partial charge < -0.3 is 14.7 Å². The Bertz CT molecular complexity index is 1560. The summed E-state index contributed by atoms with van der Waals surface area (Å²) in [6.45, 7) is 0.969. The molecule has 2 aromatic carbocycles. The first-order chi connectivity index (χ1) is 18.0. The van der Waals surface area contributed by atoms with E-state index < -0.39 is 11.7 Å². The van der Waals surface area contributed by atoms with Crippen molar-refractivity contribution < 1.29 is 19.0 Å². The third-order valence-corrected chi connectivity index (χ3v) is 7.12. The van der Waals surface area contributed by atoms with Crippen LogP contribution in [0.2, 0.25) is 0 Å². The van der Waals surface area contributed by atoms with Crippen LogP contribution >= 0.6 is 0 Å². The molecule has 1 amide bonds. The molecule has 1 saturated carbocycles. The van der Waals surface area contributed by atoms with Crippen molar-refractivity contribution in [2.45, 2.75) is 51.5 Å². The molecule has 10 heteroatoms. The molecular weight excluding hydrogens is 477 g/mol. The predicted octanol–water partition coefficient (Wildman–Crippen LogP) is 2.93. The molecule has 0 spiro atoms. The number of ether oxygens (including phenoxy) is 1. The fourth-order valence-electron chi connectivity index (χ4n) is 4.87. The third kappa shape index (κ3) is 4.48. The normalized spacial score (nSPS) is 15.5. The molecule has 0 radical (unpaired) electrons. The average Bonchev–Trinajstić information content (AvgIpc) is 3.31. The van der Waals surface area contributed by atoms with Crippen LogP contribution in [0.25, 0.3) is 10.8 Å². The second-order valence-corrected chi connectivity index (χ2v) is 9.60. The second-order valence-electron chi connectivity index (χ2n) is 9.60. The quantitative estimate of drug-likeness (QED) is 0.418. The summed E-state index contributed by atoms with van der Waals surface area (Å²) in [4.78, 5) is 27.2. The van der Waals surface area contributed by atoms with E-state index in [1.165, 1.54) is 6.07 Å². The topological polar surface area (TPSA) is 113 Å². The van der Waals surface area contributed by atoms with E-state index in [1.54, 1.807) is 39.9 Å². The highest BCUT2D eigenvalue weighted by molar-refractivity contribution is 5.95. The number of nitrogens with zero attached hydrogens (tertiary/aromatic N) is 4. The summed E-state index contributed by atoms with van der Waals surface area (Å²) in [5.41, 5.74) is 2.33. The number of nitrogens with one attached hydrogen (secondary N) is 1. The maximum Gasteiger partial charge on any atom is 0.272 e. The molecule has 37 heavy (non-hydrogen) atoms. The Morgan fingerprint density at radius 2 is 2.00 bits per heavy atom. The van der Waals surface area contributed by atoms with Gasteiger partial charge >= 0.3 is 0 Å². The van der Waals surface area contributed by atoms with Gasteiger partial charge in [0.05, 0.1) is 53.8 Å². The average molecular weight is 504 g/mol. The van der Waals surface area contributed by atoms with Crippen molar-refractivity contribution in [3.05, 3.63) is 86.8 Å². The van der Waals surface area contributed by atoms with Crippen LogP contribution in [-0.4, -0.2) is 48.5 Å². The van der Waals surface area contributed by atoms with Gasteiger partial charge in [0.15, 0.2) is 0 Å². The van der Waals surface area contributed by atoms with Crippen molar-refractivity contribution in [2.75, 3.05) is 6.54 Å². The zero-order valence-corrected chi connectivity index (χ0v) is 20.1. The molecule has 2 aliphatic rings. The van der Waals surface area contributed by atoms with Crippen molar-refractivity contribution in [1.29, 1.82) is 0 Å². The number of halogens is 1. The second kappa shape index (κ2) is 9.44. The molecule has 0 unspecified atom stereocenters. The highest BCUT2D eigenvalue weighted by Crippen LogP contribution is 2.28. The predicted molar refractivity (Wildman–Crippen MR) is 133 cm³/mol. The minimum absolute atomic E-state index is 0.0180. The molecule has 0 bridgehead atoms. The van der Waals surface area contributed by atoms with Gasteiger partial charge in [0.25, 0.3) is 11.5 Å². The number of amides is 1. The Morgan fingerprint density at radius 3 is 2.78 bits per heavy atom. The molecule has 190 valence electrons. The molecule has 0 saturated heterocycles. The van der Waals surface area contributed by atoms with Crippen LogP contribution < -0.4 is 10.3 Å². The van der Waals surface area contributed by atoms with Gasteiger partial charge in [-0.15, -0.1) is 0 Å². The van der Waals surface area contributed by atoms with Crippen LogP contribution in [-0.2, 0) is 26.1 Å². The molecule has 3 heterocycles. The third-order valence-electron chi connectivity index (χ3n) is 7.12. The summed E-state index contributed by atoms with van der Waals surface area (Å²) < 4.78 is 22.6. The van der Waals surface area contributed by atoms with E-state index in [-0.39, 0.29) is 30.4 Å². The van der Waals surface area contributed by atoms with Crippen LogP contribution in [0.15, 0.2) is 47.3 Å². The maximum absolute atomic E-state index is 14.8. The Kier molecular flexibility index (Phi) is 5.96. The zero-order valence-electron chi connectivity index (χ0n) is 20.1. The van der Waals surface area contributed by atoms with E-state index in [0.29, 0.717) is 53.0 Å². The van der Waals surface area contributed by atoms with Crippen LogP contribution in [0.3, 0.4) is 0 Å². The molecule has 1 aliphatic heterocycles. The lowest BCUT2D eigenvalue weighted by molar-refractivity contribution is 0.0701. The number of hydrogen-bond donors (Lipinski definition) is 2. The first-order valence-corrected chi connectivity index (χ1v) is 12.4. The van der Waals surface area contributed by atoms with Crippen LogP contribution in [0, 0.1) is 5.82 Å². The number of aromatic amines is 1. The number of benzene rings is 2. The summed E-state index contributed by atoms with van der Waals surface area (Å²) in [6, 6.07) is 11.6. The summed E-state index contributed by atoms with van der Waals surface area (Å²) in [5.74, 6) is -0.318. The minimum atomic E-state index is -0.598. The van der Waals surface area contributed by atoms with Gasteiger partial charge in [-0.05, 0) is 61.2 Å². The number of fused-ring (bicyclic) bond motifs is 2. The molecule has 2 aromatic heterocycles. The van der Waals surface area contributed by atoms with Crippen LogP contribution in [0.4, 0.5) is 4.39 Å². The number of carbonyl (C=O) groups is 1. The molecule has 6 rings (SSSR count). The highest BCUT2D eigenvalue weighted by Gasteiger charge is 2.26. The fourth-order valence-corrected chi connectivity index (χ4v) is 4.87. The zero-order chi connectivity index (χ0) is 25.5. The van der Waals surface area contributed by atoms with E-state index >= 15 is 0 Å². The Morgan fingerprint density at radius 1 is 1.14 bits per heavy atom. The molecule has 0 atom stereocenters. The largest absolute Gasteiger partial charge is 0.490 e. The van der Waals surface area contributed by atoms with Crippen LogP contribution in [0.5, 0.6) is 5.75 Å². The molecule has 1 fully saturated rings. The monoisotopic (exact) mass is 503 g/mol. The summed E-state index contributed by atoms with van der Waals surface area (Å²) >= 11 is 0. The molecule has 9 nitrogen and oxygen atoms in total. The van der Waals surface area contributed by atoms with Gasteiger partial charge in [-0.2, -0.15) is 10.2 Å². The summed E-state index contributed by atoms with van der Waals surface area (Å²) in [5, 5.41) is 21.6. The van der Waals surface area contributed by atoms with Gasteiger partial charge in [-0.1, -0.05) is 6.07 Å². The van der Waals surface area contributed by atoms with E-state index in [4.69, 9.17) is 4.74 Å². The summed E-state index contributed by atoms with van der Waals surface area (Å²) in [7, 11) is 0. The first kappa shape index (κ1) is 23.4. The van der Waals surface area contributed by atoms with E-state index in [2.05, 4.69) is 15.3 Å². The van der Waals surface area contributed by atoms with Gasteiger partial charge in [-0.25, -0.2) is 9.49 Å². The van der Waals surface area contributed by atoms with Gasteiger partial charge in [0.2, 0.25) is 0 Å². The Balaban J connectivity index is 1.27. The highest BCUT2D eigenvalue weighted by atomic mass is 19.1. The van der Waals surface area contributed by atoms with E-state index in [9.17, 15) is 19.1 Å². The minimum Gasteiger partial charge on any atom is -0.490 e. The lowest BCUT2D eigenvalue weighted by Crippen LogP contribution is -2.38. The smallest absolute Gasteiger partial charge is 0.272 e. The SMILES string of the molecule is O=C(c1cc(Cc2n[nH]c(=O)c3ccc(OC4CCC4)cc23)ccc1F)N1CCn2nc(CO)cc2C1. The van der Waals surface area contributed by atoms with Crippen molar-refractivity contribution in [3.8, 4) is 5.75 Å². The standard InChI is InChI=1S/C27H26FN5O4/c28-24-7-4-16(10-23(24)27(36)32-8-9-33-18(14-32)12-17(15-34)31-33)11-25-22-13-20(37-19-2-1-3-19)5-6-21(22)26(35)30-29-25/h4-7,10,12-13,19,34H,1-3,8-9,11,14-15H2,(H,30,35). The number of hydrogen-bond acceptors (Lipinski definition) is 6. The lowest BCUT2D eigenvalue weighted by Gasteiger charge is -2.28. The van der Waals surface area contributed by atoms with Crippen molar-refractivity contribution in [1.82, 2.24) is 24.9 Å².